The van der Waals surface area contributed by atoms with Gasteiger partial charge in [-0.1, -0.05) is 66.7 Å². The molecule has 0 aromatic heterocycles. The molecule has 0 aliphatic carbocycles. The number of hydrogen-bond donors (Lipinski definition) is 1. The number of carbonyl (C=O) groups is 1. The van der Waals surface area contributed by atoms with Gasteiger partial charge in [-0.3, -0.25) is 9.79 Å². The van der Waals surface area contributed by atoms with Crippen LogP contribution in [0.25, 0.3) is 5.57 Å². The standard InChI is InChI=1S/C26H32N4O2/c1-27-26(30-14-12-22(13-15-30)21-8-4-2-5-9-21)28-20-24(23-10-6-3-7-11-23)25(31)29-16-18-32-19-17-29/h2-12,24H,13-20H2,1H3,(H,27,28). The number of benzene rings is 2. The first-order valence-corrected chi connectivity index (χ1v) is 11.4. The third-order valence-electron chi connectivity index (χ3n) is 6.15. The molecule has 4 rings (SSSR count). The average molecular weight is 433 g/mol. The maximum absolute atomic E-state index is 13.3. The largest absolute Gasteiger partial charge is 0.378 e. The number of carbonyl (C=O) groups excluding carboxylic acids is 1. The van der Waals surface area contributed by atoms with Crippen molar-refractivity contribution in [1.29, 1.82) is 0 Å². The number of morpholine rings is 1. The maximum atomic E-state index is 13.3. The highest BCUT2D eigenvalue weighted by atomic mass is 16.5. The van der Waals surface area contributed by atoms with Crippen molar-refractivity contribution in [2.75, 3.05) is 53.0 Å². The Kier molecular flexibility index (Phi) is 7.56. The van der Waals surface area contributed by atoms with Crippen molar-refractivity contribution in [3.8, 4) is 0 Å². The van der Waals surface area contributed by atoms with E-state index in [4.69, 9.17) is 4.74 Å². The minimum atomic E-state index is -0.258. The van der Waals surface area contributed by atoms with Crippen LogP contribution in [0.1, 0.15) is 23.5 Å². The van der Waals surface area contributed by atoms with E-state index in [-0.39, 0.29) is 11.8 Å². The van der Waals surface area contributed by atoms with Crippen LogP contribution in [0.3, 0.4) is 0 Å². The second-order valence-electron chi connectivity index (χ2n) is 8.12. The molecule has 0 bridgehead atoms. The van der Waals surface area contributed by atoms with Crippen molar-refractivity contribution in [2.24, 2.45) is 4.99 Å². The third kappa shape index (κ3) is 5.37. The van der Waals surface area contributed by atoms with E-state index in [1.54, 1.807) is 7.05 Å². The molecule has 2 aliphatic rings. The van der Waals surface area contributed by atoms with Gasteiger partial charge in [-0.15, -0.1) is 0 Å². The zero-order valence-corrected chi connectivity index (χ0v) is 18.7. The molecule has 1 atom stereocenters. The molecule has 0 saturated carbocycles. The number of amides is 1. The number of nitrogens with one attached hydrogen (secondary N) is 1. The van der Waals surface area contributed by atoms with Crippen LogP contribution in [0, 0.1) is 0 Å². The van der Waals surface area contributed by atoms with Gasteiger partial charge in [0.1, 0.15) is 0 Å². The monoisotopic (exact) mass is 432 g/mol. The number of guanidine groups is 1. The Bertz CT molecular complexity index is 937. The van der Waals surface area contributed by atoms with Gasteiger partial charge in [0, 0.05) is 39.8 Å². The second-order valence-corrected chi connectivity index (χ2v) is 8.12. The van der Waals surface area contributed by atoms with Gasteiger partial charge in [0.15, 0.2) is 5.96 Å². The highest BCUT2D eigenvalue weighted by Gasteiger charge is 2.28. The number of hydrogen-bond acceptors (Lipinski definition) is 3. The summed E-state index contributed by atoms with van der Waals surface area (Å²) in [6.45, 7) is 4.72. The summed E-state index contributed by atoms with van der Waals surface area (Å²) in [6, 6.07) is 20.6. The van der Waals surface area contributed by atoms with Crippen molar-refractivity contribution in [3.05, 3.63) is 77.9 Å². The molecule has 2 aromatic rings. The van der Waals surface area contributed by atoms with Crippen LogP contribution in [0.4, 0.5) is 0 Å². The van der Waals surface area contributed by atoms with Gasteiger partial charge < -0.3 is 19.9 Å². The van der Waals surface area contributed by atoms with Gasteiger partial charge in [-0.2, -0.15) is 0 Å². The molecule has 0 spiro atoms. The van der Waals surface area contributed by atoms with Gasteiger partial charge in [0.25, 0.3) is 0 Å². The Morgan fingerprint density at radius 1 is 1.00 bits per heavy atom. The first-order chi connectivity index (χ1) is 15.8. The highest BCUT2D eigenvalue weighted by molar-refractivity contribution is 5.86. The highest BCUT2D eigenvalue weighted by Crippen LogP contribution is 2.23. The van der Waals surface area contributed by atoms with Crippen molar-refractivity contribution in [1.82, 2.24) is 15.1 Å². The van der Waals surface area contributed by atoms with Crippen LogP contribution >= 0.6 is 0 Å². The zero-order chi connectivity index (χ0) is 22.2. The van der Waals surface area contributed by atoms with Crippen molar-refractivity contribution < 1.29 is 9.53 Å². The quantitative estimate of drug-likeness (QED) is 0.583. The lowest BCUT2D eigenvalue weighted by Crippen LogP contribution is -2.48. The number of ether oxygens (including phenoxy) is 1. The summed E-state index contributed by atoms with van der Waals surface area (Å²) in [4.78, 5) is 22.0. The van der Waals surface area contributed by atoms with Crippen molar-refractivity contribution in [3.63, 3.8) is 0 Å². The number of rotatable bonds is 5. The number of aliphatic imine (C=N–C) groups is 1. The van der Waals surface area contributed by atoms with E-state index in [0.717, 1.165) is 31.0 Å². The summed E-state index contributed by atoms with van der Waals surface area (Å²) in [5, 5.41) is 3.48. The second kappa shape index (κ2) is 11.0. The van der Waals surface area contributed by atoms with Crippen LogP contribution in [-0.4, -0.2) is 74.7 Å². The Labute approximate surface area is 190 Å². The van der Waals surface area contributed by atoms with E-state index in [0.29, 0.717) is 32.8 Å². The topological polar surface area (TPSA) is 57.2 Å². The Morgan fingerprint density at radius 3 is 2.31 bits per heavy atom. The predicted molar refractivity (Wildman–Crippen MR) is 129 cm³/mol. The molecular weight excluding hydrogens is 400 g/mol. The summed E-state index contributed by atoms with van der Waals surface area (Å²) < 4.78 is 5.43. The molecule has 2 aromatic carbocycles. The van der Waals surface area contributed by atoms with Crippen LogP contribution in [-0.2, 0) is 9.53 Å². The van der Waals surface area contributed by atoms with Crippen LogP contribution in [0.5, 0.6) is 0 Å². The zero-order valence-electron chi connectivity index (χ0n) is 18.7. The molecule has 32 heavy (non-hydrogen) atoms. The van der Waals surface area contributed by atoms with Gasteiger partial charge in [-0.05, 0) is 23.1 Å². The fourth-order valence-corrected chi connectivity index (χ4v) is 4.34. The summed E-state index contributed by atoms with van der Waals surface area (Å²) in [7, 11) is 1.81. The van der Waals surface area contributed by atoms with E-state index in [1.165, 1.54) is 11.1 Å². The van der Waals surface area contributed by atoms with E-state index >= 15 is 0 Å². The van der Waals surface area contributed by atoms with E-state index in [9.17, 15) is 4.79 Å². The summed E-state index contributed by atoms with van der Waals surface area (Å²) in [5.41, 5.74) is 3.69. The average Bonchev–Trinajstić information content (AvgIpc) is 2.88. The lowest BCUT2D eigenvalue weighted by atomic mass is 9.97. The Morgan fingerprint density at radius 2 is 1.69 bits per heavy atom. The summed E-state index contributed by atoms with van der Waals surface area (Å²) in [5.74, 6) is 0.725. The van der Waals surface area contributed by atoms with Gasteiger partial charge in [-0.25, -0.2) is 0 Å². The molecule has 2 aliphatic heterocycles. The van der Waals surface area contributed by atoms with E-state index in [1.807, 2.05) is 41.3 Å². The molecule has 6 nitrogen and oxygen atoms in total. The van der Waals surface area contributed by atoms with E-state index < -0.39 is 0 Å². The molecule has 1 fully saturated rings. The lowest BCUT2D eigenvalue weighted by Gasteiger charge is -2.33. The molecule has 1 N–H and O–H groups in total. The maximum Gasteiger partial charge on any atom is 0.232 e. The molecule has 0 radical (unpaired) electrons. The third-order valence-corrected chi connectivity index (χ3v) is 6.15. The van der Waals surface area contributed by atoms with Gasteiger partial charge in [0.2, 0.25) is 5.91 Å². The smallest absolute Gasteiger partial charge is 0.232 e. The van der Waals surface area contributed by atoms with Crippen molar-refractivity contribution >= 4 is 17.4 Å². The SMILES string of the molecule is CN=C(NCC(C(=O)N1CCOCC1)c1ccccc1)N1CC=C(c2ccccc2)CC1. The first-order valence-electron chi connectivity index (χ1n) is 11.4. The molecule has 1 unspecified atom stereocenters. The normalized spacial score (nSPS) is 18.2. The molecule has 6 heteroatoms. The lowest BCUT2D eigenvalue weighted by molar-refractivity contribution is -0.136. The van der Waals surface area contributed by atoms with E-state index in [2.05, 4.69) is 45.6 Å². The number of nitrogens with zero attached hydrogens (tertiary/aromatic N) is 3. The van der Waals surface area contributed by atoms with Gasteiger partial charge >= 0.3 is 0 Å². The van der Waals surface area contributed by atoms with Gasteiger partial charge in [0.05, 0.1) is 19.1 Å². The van der Waals surface area contributed by atoms with Crippen LogP contribution < -0.4 is 5.32 Å². The minimum absolute atomic E-state index is 0.146. The molecule has 1 saturated heterocycles. The molecule has 1 amide bonds. The first kappa shape index (κ1) is 22.1. The van der Waals surface area contributed by atoms with Crippen LogP contribution in [0.15, 0.2) is 71.7 Å². The van der Waals surface area contributed by atoms with Crippen LogP contribution in [0.2, 0.25) is 0 Å². The molecule has 2 heterocycles. The molecule has 168 valence electrons. The minimum Gasteiger partial charge on any atom is -0.378 e. The molecular formula is C26H32N4O2. The predicted octanol–water partition coefficient (Wildman–Crippen LogP) is 2.99. The fraction of sp³-hybridized carbons (Fsp3) is 0.385. The Balaban J connectivity index is 1.42. The summed E-state index contributed by atoms with van der Waals surface area (Å²) in [6.07, 6.45) is 3.25. The summed E-state index contributed by atoms with van der Waals surface area (Å²) >= 11 is 0. The van der Waals surface area contributed by atoms with Crippen molar-refractivity contribution in [2.45, 2.75) is 12.3 Å². The Hall–Kier alpha value is -3.12. The fourth-order valence-electron chi connectivity index (χ4n) is 4.34.